The van der Waals surface area contributed by atoms with E-state index in [4.69, 9.17) is 14.2 Å². The fraction of sp³-hybridized carbons (Fsp3) is 1.00. The fourth-order valence-electron chi connectivity index (χ4n) is 0.556. The molecule has 0 saturated heterocycles. The number of rotatable bonds is 7. The van der Waals surface area contributed by atoms with Crippen molar-refractivity contribution >= 4 is 15.9 Å². The molecule has 0 radical (unpaired) electrons. The van der Waals surface area contributed by atoms with Crippen LogP contribution in [0.2, 0.25) is 0 Å². The first-order valence-corrected chi connectivity index (χ1v) is 4.71. The molecular formula is C7H15BrO3. The quantitative estimate of drug-likeness (QED) is 0.374. The first-order valence-electron chi connectivity index (χ1n) is 3.59. The summed E-state index contributed by atoms with van der Waals surface area (Å²) < 4.78 is 15.2. The highest BCUT2D eigenvalue weighted by Crippen LogP contribution is 1.94. The Morgan fingerprint density at radius 2 is 1.82 bits per heavy atom. The van der Waals surface area contributed by atoms with Crippen LogP contribution in [0.1, 0.15) is 6.92 Å². The lowest BCUT2D eigenvalue weighted by Crippen LogP contribution is -2.16. The third kappa shape index (κ3) is 8.26. The van der Waals surface area contributed by atoms with Gasteiger partial charge in [-0.15, -0.1) is 0 Å². The first kappa shape index (κ1) is 11.4. The standard InChI is InChI=1S/C7H15BrO3/c1-7(10-4-3-8)11-6-5-9-2/h7H,3-6H2,1-2H3. The zero-order chi connectivity index (χ0) is 8.53. The van der Waals surface area contributed by atoms with E-state index < -0.39 is 0 Å². The van der Waals surface area contributed by atoms with Gasteiger partial charge in [-0.25, -0.2) is 0 Å². The summed E-state index contributed by atoms with van der Waals surface area (Å²) in [6.45, 7) is 3.74. The van der Waals surface area contributed by atoms with Gasteiger partial charge in [0.15, 0.2) is 6.29 Å². The average Bonchev–Trinajstić information content (AvgIpc) is 2.01. The van der Waals surface area contributed by atoms with Crippen LogP contribution in [0.3, 0.4) is 0 Å². The third-order valence-corrected chi connectivity index (χ3v) is 1.39. The maximum Gasteiger partial charge on any atom is 0.154 e. The summed E-state index contributed by atoms with van der Waals surface area (Å²) in [5, 5.41) is 0.838. The van der Waals surface area contributed by atoms with Crippen molar-refractivity contribution in [1.82, 2.24) is 0 Å². The minimum Gasteiger partial charge on any atom is -0.382 e. The van der Waals surface area contributed by atoms with Crippen LogP contribution in [0.4, 0.5) is 0 Å². The van der Waals surface area contributed by atoms with Crippen LogP contribution < -0.4 is 0 Å². The summed E-state index contributed by atoms with van der Waals surface area (Å²) in [6.07, 6.45) is -0.136. The molecule has 0 aliphatic rings. The second-order valence-corrected chi connectivity index (χ2v) is 2.78. The van der Waals surface area contributed by atoms with Crippen LogP contribution in [0.15, 0.2) is 0 Å². The number of hydrogen-bond acceptors (Lipinski definition) is 3. The highest BCUT2D eigenvalue weighted by atomic mass is 79.9. The molecule has 0 heterocycles. The molecule has 0 amide bonds. The maximum absolute atomic E-state index is 5.22. The molecular weight excluding hydrogens is 212 g/mol. The molecule has 0 saturated carbocycles. The van der Waals surface area contributed by atoms with Crippen LogP contribution in [0.25, 0.3) is 0 Å². The number of ether oxygens (including phenoxy) is 3. The predicted molar refractivity (Wildman–Crippen MR) is 47.0 cm³/mol. The minimum atomic E-state index is -0.136. The van der Waals surface area contributed by atoms with E-state index in [1.807, 2.05) is 6.92 Å². The van der Waals surface area contributed by atoms with E-state index in [-0.39, 0.29) is 6.29 Å². The normalized spacial score (nSPS) is 13.4. The number of alkyl halides is 1. The van der Waals surface area contributed by atoms with Crippen molar-refractivity contribution in [3.05, 3.63) is 0 Å². The third-order valence-electron chi connectivity index (χ3n) is 1.07. The summed E-state index contributed by atoms with van der Waals surface area (Å²) in [6, 6.07) is 0. The van der Waals surface area contributed by atoms with E-state index in [0.717, 1.165) is 5.33 Å². The summed E-state index contributed by atoms with van der Waals surface area (Å²) in [7, 11) is 1.65. The predicted octanol–water partition coefficient (Wildman–Crippen LogP) is 1.41. The Bertz CT molecular complexity index is 80.1. The zero-order valence-electron chi connectivity index (χ0n) is 7.01. The topological polar surface area (TPSA) is 27.7 Å². The van der Waals surface area contributed by atoms with Crippen molar-refractivity contribution < 1.29 is 14.2 Å². The van der Waals surface area contributed by atoms with Gasteiger partial charge in [0, 0.05) is 12.4 Å². The van der Waals surface area contributed by atoms with Crippen LogP contribution >= 0.6 is 15.9 Å². The summed E-state index contributed by atoms with van der Waals surface area (Å²) in [4.78, 5) is 0. The lowest BCUT2D eigenvalue weighted by atomic mass is 10.7. The van der Waals surface area contributed by atoms with Gasteiger partial charge in [-0.3, -0.25) is 0 Å². The number of hydrogen-bond donors (Lipinski definition) is 0. The van der Waals surface area contributed by atoms with Crippen molar-refractivity contribution in [2.45, 2.75) is 13.2 Å². The Morgan fingerprint density at radius 3 is 2.36 bits per heavy atom. The summed E-state index contributed by atoms with van der Waals surface area (Å²) in [5.74, 6) is 0. The van der Waals surface area contributed by atoms with Crippen LogP contribution in [-0.4, -0.2) is 38.6 Å². The van der Waals surface area contributed by atoms with Gasteiger partial charge in [-0.05, 0) is 6.92 Å². The molecule has 1 atom stereocenters. The fourth-order valence-corrected chi connectivity index (χ4v) is 0.743. The first-order chi connectivity index (χ1) is 5.31. The molecule has 0 rings (SSSR count). The molecule has 4 heteroatoms. The smallest absolute Gasteiger partial charge is 0.154 e. The Balaban J connectivity index is 3.02. The van der Waals surface area contributed by atoms with Crippen molar-refractivity contribution in [1.29, 1.82) is 0 Å². The van der Waals surface area contributed by atoms with Gasteiger partial charge in [-0.1, -0.05) is 15.9 Å². The van der Waals surface area contributed by atoms with Gasteiger partial charge in [0.25, 0.3) is 0 Å². The van der Waals surface area contributed by atoms with Crippen molar-refractivity contribution in [2.75, 3.05) is 32.3 Å². The van der Waals surface area contributed by atoms with Crippen molar-refractivity contribution in [3.8, 4) is 0 Å². The summed E-state index contributed by atoms with van der Waals surface area (Å²) in [5.41, 5.74) is 0. The van der Waals surface area contributed by atoms with Gasteiger partial charge in [0.2, 0.25) is 0 Å². The molecule has 0 aromatic rings. The lowest BCUT2D eigenvalue weighted by Gasteiger charge is -2.12. The van der Waals surface area contributed by atoms with Gasteiger partial charge < -0.3 is 14.2 Å². The Labute approximate surface area is 76.1 Å². The van der Waals surface area contributed by atoms with E-state index in [1.54, 1.807) is 7.11 Å². The van der Waals surface area contributed by atoms with Crippen LogP contribution in [0.5, 0.6) is 0 Å². The second-order valence-electron chi connectivity index (χ2n) is 1.99. The zero-order valence-corrected chi connectivity index (χ0v) is 8.59. The molecule has 3 nitrogen and oxygen atoms in total. The molecule has 0 aromatic carbocycles. The van der Waals surface area contributed by atoms with E-state index in [1.165, 1.54) is 0 Å². The van der Waals surface area contributed by atoms with Gasteiger partial charge >= 0.3 is 0 Å². The molecule has 0 aromatic heterocycles. The van der Waals surface area contributed by atoms with E-state index in [0.29, 0.717) is 19.8 Å². The van der Waals surface area contributed by atoms with Crippen molar-refractivity contribution in [3.63, 3.8) is 0 Å². The molecule has 0 N–H and O–H groups in total. The minimum absolute atomic E-state index is 0.136. The average molecular weight is 227 g/mol. The molecule has 68 valence electrons. The van der Waals surface area contributed by atoms with Crippen molar-refractivity contribution in [2.24, 2.45) is 0 Å². The Kier molecular flexibility index (Phi) is 8.73. The highest BCUT2D eigenvalue weighted by molar-refractivity contribution is 9.09. The number of methoxy groups -OCH3 is 1. The molecule has 0 aliphatic heterocycles. The molecule has 0 spiro atoms. The molecule has 0 bridgehead atoms. The SMILES string of the molecule is COCCOC(C)OCCBr. The maximum atomic E-state index is 5.22. The molecule has 11 heavy (non-hydrogen) atoms. The molecule has 0 fully saturated rings. The van der Waals surface area contributed by atoms with Crippen LogP contribution in [0, 0.1) is 0 Å². The largest absolute Gasteiger partial charge is 0.382 e. The number of halogens is 1. The monoisotopic (exact) mass is 226 g/mol. The van der Waals surface area contributed by atoms with Gasteiger partial charge in [-0.2, -0.15) is 0 Å². The Morgan fingerprint density at radius 1 is 1.18 bits per heavy atom. The second kappa shape index (κ2) is 8.46. The van der Waals surface area contributed by atoms with Gasteiger partial charge in [0.05, 0.1) is 19.8 Å². The van der Waals surface area contributed by atoms with E-state index in [2.05, 4.69) is 15.9 Å². The van der Waals surface area contributed by atoms with Gasteiger partial charge in [0.1, 0.15) is 0 Å². The van der Waals surface area contributed by atoms with E-state index in [9.17, 15) is 0 Å². The highest BCUT2D eigenvalue weighted by Gasteiger charge is 1.99. The molecule has 0 aliphatic carbocycles. The lowest BCUT2D eigenvalue weighted by molar-refractivity contribution is -0.133. The van der Waals surface area contributed by atoms with Crippen LogP contribution in [-0.2, 0) is 14.2 Å². The molecule has 1 unspecified atom stereocenters. The Hall–Kier alpha value is 0.360. The summed E-state index contributed by atoms with van der Waals surface area (Å²) >= 11 is 3.25. The van der Waals surface area contributed by atoms with E-state index >= 15 is 0 Å².